The molecule has 0 bridgehead atoms. The topological polar surface area (TPSA) is 49.9 Å². The van der Waals surface area contributed by atoms with Crippen molar-refractivity contribution >= 4 is 29.6 Å². The Morgan fingerprint density at radius 3 is 2.50 bits per heavy atom. The van der Waals surface area contributed by atoms with Crippen LogP contribution in [0, 0.1) is 12.3 Å². The molecule has 10 heavy (non-hydrogen) atoms. The third-order valence-corrected chi connectivity index (χ3v) is 2.08. The number of thiophene rings is 1. The molecule has 0 aliphatic heterocycles. The number of nitrogens with one attached hydrogen (secondary N) is 1. The second kappa shape index (κ2) is 3.58. The molecule has 2 nitrogen and oxygen atoms in total. The summed E-state index contributed by atoms with van der Waals surface area (Å²) in [5, 5.41) is 9.02. The lowest BCUT2D eigenvalue weighted by Crippen LogP contribution is -2.08. The average Bonchev–Trinajstić information content (AvgIpc) is 2.14. The number of hydrogen-bond acceptors (Lipinski definition) is 2. The number of nitrogen functional groups attached to an aromatic ring is 1. The first-order valence-electron chi connectivity index (χ1n) is 2.59. The lowest BCUT2D eigenvalue weighted by molar-refractivity contribution is 1.44. The van der Waals surface area contributed by atoms with E-state index in [1.165, 1.54) is 16.9 Å². The molecule has 0 aromatic carbocycles. The Hall–Kier alpha value is -0.540. The summed E-state index contributed by atoms with van der Waals surface area (Å²) in [5.74, 6) is 0.160. The van der Waals surface area contributed by atoms with Gasteiger partial charge in [-0.05, 0) is 23.9 Å². The molecule has 4 heteroatoms. The first-order chi connectivity index (χ1) is 4.20. The van der Waals surface area contributed by atoms with Crippen LogP contribution in [0.1, 0.15) is 10.4 Å². The van der Waals surface area contributed by atoms with Crippen molar-refractivity contribution in [3.63, 3.8) is 0 Å². The van der Waals surface area contributed by atoms with Gasteiger partial charge in [-0.1, -0.05) is 0 Å². The molecule has 0 radical (unpaired) electrons. The molecule has 0 aliphatic rings. The van der Waals surface area contributed by atoms with Gasteiger partial charge in [0.15, 0.2) is 0 Å². The Kier molecular flexibility index (Phi) is 3.39. The van der Waals surface area contributed by atoms with Crippen molar-refractivity contribution in [3.05, 3.63) is 21.9 Å². The minimum absolute atomic E-state index is 0. The van der Waals surface area contributed by atoms with Gasteiger partial charge in [0.25, 0.3) is 0 Å². The molecule has 0 unspecified atom stereocenters. The monoisotopic (exact) mass is 176 g/mol. The normalized spacial score (nSPS) is 8.50. The number of amidine groups is 1. The number of nitrogens with two attached hydrogens (primary N) is 1. The molecule has 0 saturated carbocycles. The summed E-state index contributed by atoms with van der Waals surface area (Å²) in [7, 11) is 0. The van der Waals surface area contributed by atoms with Gasteiger partial charge in [-0.2, -0.15) is 0 Å². The highest BCUT2D eigenvalue weighted by Gasteiger charge is 1.96. The summed E-state index contributed by atoms with van der Waals surface area (Å²) in [6.07, 6.45) is 0. The summed E-state index contributed by atoms with van der Waals surface area (Å²) in [6.45, 7) is 1.99. The first kappa shape index (κ1) is 9.46. The summed E-state index contributed by atoms with van der Waals surface area (Å²) in [5.41, 5.74) is 6.39. The van der Waals surface area contributed by atoms with Crippen LogP contribution in [0.15, 0.2) is 11.4 Å². The van der Waals surface area contributed by atoms with Gasteiger partial charge in [0.05, 0.1) is 4.88 Å². The maximum absolute atomic E-state index is 7.04. The molecule has 56 valence electrons. The molecule has 1 aromatic rings. The smallest absolute Gasteiger partial charge is 0.133 e. The van der Waals surface area contributed by atoms with Gasteiger partial charge in [0, 0.05) is 0 Å². The molecular formula is C6H9ClN2S. The Labute approximate surface area is 70.0 Å². The second-order valence-electron chi connectivity index (χ2n) is 1.90. The molecule has 0 aliphatic carbocycles. The lowest BCUT2D eigenvalue weighted by Gasteiger charge is -1.85. The predicted octanol–water partition coefficient (Wildman–Crippen LogP) is 1.76. The van der Waals surface area contributed by atoms with Gasteiger partial charge < -0.3 is 5.73 Å². The molecule has 1 heterocycles. The molecule has 0 fully saturated rings. The highest BCUT2D eigenvalue weighted by Crippen LogP contribution is 2.11. The molecule has 3 N–H and O–H groups in total. The van der Waals surface area contributed by atoms with Gasteiger partial charge in [-0.25, -0.2) is 0 Å². The van der Waals surface area contributed by atoms with Gasteiger partial charge in [0.1, 0.15) is 5.84 Å². The number of halogens is 1. The van der Waals surface area contributed by atoms with Gasteiger partial charge in [0.2, 0.25) is 0 Å². The van der Waals surface area contributed by atoms with E-state index in [1.807, 2.05) is 18.4 Å². The quantitative estimate of drug-likeness (QED) is 0.497. The highest BCUT2D eigenvalue weighted by molar-refractivity contribution is 7.12. The van der Waals surface area contributed by atoms with Crippen molar-refractivity contribution in [2.24, 2.45) is 5.73 Å². The molecule has 0 saturated heterocycles. The lowest BCUT2D eigenvalue weighted by atomic mass is 10.3. The number of rotatable bonds is 1. The van der Waals surface area contributed by atoms with E-state index >= 15 is 0 Å². The van der Waals surface area contributed by atoms with Gasteiger partial charge in [-0.3, -0.25) is 5.41 Å². The van der Waals surface area contributed by atoms with E-state index in [0.717, 1.165) is 4.88 Å². The van der Waals surface area contributed by atoms with E-state index in [0.29, 0.717) is 0 Å². The second-order valence-corrected chi connectivity index (χ2v) is 2.81. The Morgan fingerprint density at radius 2 is 2.30 bits per heavy atom. The van der Waals surface area contributed by atoms with Crippen LogP contribution in [0.4, 0.5) is 0 Å². The van der Waals surface area contributed by atoms with Crippen LogP contribution in [0.25, 0.3) is 0 Å². The molecule has 1 rings (SSSR count). The van der Waals surface area contributed by atoms with Gasteiger partial charge in [-0.15, -0.1) is 23.7 Å². The predicted molar refractivity (Wildman–Crippen MR) is 47.3 cm³/mol. The zero-order chi connectivity index (χ0) is 6.85. The van der Waals surface area contributed by atoms with Crippen LogP contribution in [-0.2, 0) is 0 Å². The van der Waals surface area contributed by atoms with Crippen molar-refractivity contribution in [1.29, 1.82) is 5.41 Å². The maximum atomic E-state index is 7.04. The van der Waals surface area contributed by atoms with Crippen molar-refractivity contribution in [3.8, 4) is 0 Å². The molecule has 0 spiro atoms. The number of aryl methyl sites for hydroxylation is 1. The SMILES string of the molecule is Cc1csc(C(=N)N)c1.Cl. The zero-order valence-corrected chi connectivity index (χ0v) is 7.18. The fraction of sp³-hybridized carbons (Fsp3) is 0.167. The molecular weight excluding hydrogens is 168 g/mol. The van der Waals surface area contributed by atoms with Crippen molar-refractivity contribution in [2.45, 2.75) is 6.92 Å². The summed E-state index contributed by atoms with van der Waals surface area (Å²) in [4.78, 5) is 0.854. The van der Waals surface area contributed by atoms with E-state index in [2.05, 4.69) is 0 Å². The van der Waals surface area contributed by atoms with E-state index < -0.39 is 0 Å². The molecule has 0 atom stereocenters. The summed E-state index contributed by atoms with van der Waals surface area (Å²) < 4.78 is 0. The number of hydrogen-bond donors (Lipinski definition) is 2. The highest BCUT2D eigenvalue weighted by atomic mass is 35.5. The van der Waals surface area contributed by atoms with E-state index in [1.54, 1.807) is 0 Å². The largest absolute Gasteiger partial charge is 0.383 e. The zero-order valence-electron chi connectivity index (χ0n) is 5.55. The minimum atomic E-state index is 0. The van der Waals surface area contributed by atoms with E-state index in [9.17, 15) is 0 Å². The third-order valence-electron chi connectivity index (χ3n) is 0.996. The Morgan fingerprint density at radius 1 is 1.70 bits per heavy atom. The van der Waals surface area contributed by atoms with Crippen molar-refractivity contribution < 1.29 is 0 Å². The summed E-state index contributed by atoms with van der Waals surface area (Å²) in [6, 6.07) is 1.91. The van der Waals surface area contributed by atoms with Crippen LogP contribution in [-0.4, -0.2) is 5.84 Å². The third kappa shape index (κ3) is 2.01. The summed E-state index contributed by atoms with van der Waals surface area (Å²) >= 11 is 1.51. The average molecular weight is 177 g/mol. The fourth-order valence-electron chi connectivity index (χ4n) is 0.572. The van der Waals surface area contributed by atoms with Crippen LogP contribution in [0.3, 0.4) is 0 Å². The van der Waals surface area contributed by atoms with Crippen LogP contribution in [0.5, 0.6) is 0 Å². The molecule has 0 amide bonds. The van der Waals surface area contributed by atoms with Crippen LogP contribution < -0.4 is 5.73 Å². The van der Waals surface area contributed by atoms with E-state index in [-0.39, 0.29) is 18.2 Å². The first-order valence-corrected chi connectivity index (χ1v) is 3.47. The van der Waals surface area contributed by atoms with Crippen LogP contribution in [0.2, 0.25) is 0 Å². The fourth-order valence-corrected chi connectivity index (χ4v) is 1.33. The van der Waals surface area contributed by atoms with Crippen molar-refractivity contribution in [1.82, 2.24) is 0 Å². The standard InChI is InChI=1S/C6H8N2S.ClH/c1-4-2-5(6(7)8)9-3-4;/h2-3H,1H3,(H3,7,8);1H. The maximum Gasteiger partial charge on any atom is 0.133 e. The van der Waals surface area contributed by atoms with E-state index in [4.69, 9.17) is 11.1 Å². The van der Waals surface area contributed by atoms with Crippen LogP contribution >= 0.6 is 23.7 Å². The molecule has 1 aromatic heterocycles. The van der Waals surface area contributed by atoms with Crippen molar-refractivity contribution in [2.75, 3.05) is 0 Å². The Balaban J connectivity index is 0.000000810. The Bertz CT molecular complexity index is 231. The van der Waals surface area contributed by atoms with Gasteiger partial charge >= 0.3 is 0 Å². The minimum Gasteiger partial charge on any atom is -0.383 e.